The van der Waals surface area contributed by atoms with Crippen molar-refractivity contribution in [2.45, 2.75) is 13.8 Å². The molecule has 0 aliphatic carbocycles. The van der Waals surface area contributed by atoms with Crippen molar-refractivity contribution in [3.8, 4) is 34.6 Å². The summed E-state index contributed by atoms with van der Waals surface area (Å²) in [5, 5.41) is 9.84. The van der Waals surface area contributed by atoms with Gasteiger partial charge in [0, 0.05) is 0 Å². The summed E-state index contributed by atoms with van der Waals surface area (Å²) in [6.07, 6.45) is 0. The third-order valence-electron chi connectivity index (χ3n) is 4.34. The lowest BCUT2D eigenvalue weighted by Crippen LogP contribution is -2.05. The van der Waals surface area contributed by atoms with Crippen LogP contribution >= 0.6 is 0 Å². The van der Waals surface area contributed by atoms with Crippen LogP contribution in [0.3, 0.4) is 0 Å². The molecule has 0 amide bonds. The molecule has 1 N–H and O–H groups in total. The number of ether oxygens (including phenoxy) is 3. The number of benzene rings is 2. The molecule has 0 saturated carbocycles. The van der Waals surface area contributed by atoms with E-state index in [-0.39, 0.29) is 29.1 Å². The van der Waals surface area contributed by atoms with Crippen molar-refractivity contribution in [1.82, 2.24) is 9.97 Å². The zero-order valence-electron chi connectivity index (χ0n) is 16.0. The molecule has 1 aromatic heterocycles. The topological polar surface area (TPSA) is 90.8 Å². The Bertz CT molecular complexity index is 1010. The molecule has 3 rings (SSSR count). The Balaban J connectivity index is 2.10. The van der Waals surface area contributed by atoms with Crippen molar-refractivity contribution >= 4 is 5.97 Å². The van der Waals surface area contributed by atoms with Crippen molar-refractivity contribution in [2.75, 3.05) is 14.2 Å². The van der Waals surface area contributed by atoms with E-state index >= 15 is 0 Å². The molecule has 0 aliphatic heterocycles. The summed E-state index contributed by atoms with van der Waals surface area (Å²) in [5.41, 5.74) is 3.56. The fourth-order valence-corrected chi connectivity index (χ4v) is 2.72. The number of hydrogen-bond acceptors (Lipinski definition) is 6. The molecule has 144 valence electrons. The maximum absolute atomic E-state index is 12.0. The van der Waals surface area contributed by atoms with E-state index in [1.165, 1.54) is 20.3 Å². The highest BCUT2D eigenvalue weighted by Crippen LogP contribution is 2.34. The molecule has 0 radical (unpaired) electrons. The molecule has 0 fully saturated rings. The fraction of sp³-hybridized carbons (Fsp3) is 0.190. The van der Waals surface area contributed by atoms with E-state index in [9.17, 15) is 9.90 Å². The minimum Gasteiger partial charge on any atom is -0.481 e. The van der Waals surface area contributed by atoms with Crippen LogP contribution in [-0.2, 0) is 0 Å². The molecule has 7 heteroatoms. The van der Waals surface area contributed by atoms with Crippen molar-refractivity contribution in [3.05, 3.63) is 59.2 Å². The lowest BCUT2D eigenvalue weighted by molar-refractivity contribution is 0.0695. The van der Waals surface area contributed by atoms with Gasteiger partial charge in [0.25, 0.3) is 0 Å². The highest BCUT2D eigenvalue weighted by Gasteiger charge is 2.20. The Morgan fingerprint density at radius 2 is 1.61 bits per heavy atom. The molecule has 0 saturated heterocycles. The van der Waals surface area contributed by atoms with Crippen LogP contribution in [0.1, 0.15) is 21.5 Å². The first-order valence-corrected chi connectivity index (χ1v) is 8.51. The van der Waals surface area contributed by atoms with Gasteiger partial charge in [0.1, 0.15) is 11.3 Å². The summed E-state index contributed by atoms with van der Waals surface area (Å²) < 4.78 is 15.9. The minimum atomic E-state index is -1.11. The smallest absolute Gasteiger partial charge is 0.340 e. The lowest BCUT2D eigenvalue weighted by Gasteiger charge is -2.13. The van der Waals surface area contributed by atoms with E-state index in [0.717, 1.165) is 16.7 Å². The predicted octanol–water partition coefficient (Wildman–Crippen LogP) is 4.27. The number of aromatic nitrogens is 2. The zero-order valence-corrected chi connectivity index (χ0v) is 16.0. The molecular formula is C21H20N2O5. The Labute approximate surface area is 162 Å². The number of hydrogen-bond donors (Lipinski definition) is 1. The molecule has 7 nitrogen and oxygen atoms in total. The summed E-state index contributed by atoms with van der Waals surface area (Å²) in [6, 6.07) is 12.2. The summed E-state index contributed by atoms with van der Waals surface area (Å²) in [4.78, 5) is 20.2. The summed E-state index contributed by atoms with van der Waals surface area (Å²) in [5.74, 6) is -0.509. The van der Waals surface area contributed by atoms with Crippen molar-refractivity contribution < 1.29 is 24.1 Å². The Morgan fingerprint density at radius 1 is 0.929 bits per heavy atom. The quantitative estimate of drug-likeness (QED) is 0.683. The van der Waals surface area contributed by atoms with Gasteiger partial charge in [-0.15, -0.1) is 0 Å². The normalized spacial score (nSPS) is 10.4. The predicted molar refractivity (Wildman–Crippen MR) is 104 cm³/mol. The van der Waals surface area contributed by atoms with Gasteiger partial charge >= 0.3 is 12.0 Å². The standard InChI is InChI=1S/C21H20N2O5/c1-12-8-9-14(10-13(12)2)15-6-5-7-16(19(15)20(24)25)28-21-22-17(26-3)11-18(23-21)27-4/h5-11H,1-4H3,(H,24,25). The van der Waals surface area contributed by atoms with Gasteiger partial charge in [-0.25, -0.2) is 4.79 Å². The van der Waals surface area contributed by atoms with Crippen LogP contribution < -0.4 is 14.2 Å². The molecule has 3 aromatic rings. The summed E-state index contributed by atoms with van der Waals surface area (Å²) in [7, 11) is 2.91. The second-order valence-electron chi connectivity index (χ2n) is 6.12. The van der Waals surface area contributed by atoms with Crippen molar-refractivity contribution in [1.29, 1.82) is 0 Å². The molecule has 0 spiro atoms. The molecular weight excluding hydrogens is 360 g/mol. The van der Waals surface area contributed by atoms with Gasteiger partial charge in [-0.1, -0.05) is 30.3 Å². The molecule has 0 aliphatic rings. The molecule has 1 heterocycles. The van der Waals surface area contributed by atoms with Crippen LogP contribution in [0.25, 0.3) is 11.1 Å². The first kappa shape index (κ1) is 19.2. The van der Waals surface area contributed by atoms with Gasteiger partial charge < -0.3 is 19.3 Å². The van der Waals surface area contributed by atoms with E-state index in [1.54, 1.807) is 18.2 Å². The van der Waals surface area contributed by atoms with Crippen LogP contribution in [0, 0.1) is 13.8 Å². The van der Waals surface area contributed by atoms with E-state index in [0.29, 0.717) is 5.56 Å². The minimum absolute atomic E-state index is 0.0242. The molecule has 0 unspecified atom stereocenters. The van der Waals surface area contributed by atoms with Crippen LogP contribution in [-0.4, -0.2) is 35.3 Å². The number of rotatable bonds is 6. The molecule has 2 aromatic carbocycles. The maximum atomic E-state index is 12.0. The molecule has 0 atom stereocenters. The first-order valence-electron chi connectivity index (χ1n) is 8.51. The fourth-order valence-electron chi connectivity index (χ4n) is 2.72. The van der Waals surface area contributed by atoms with Gasteiger partial charge in [0.15, 0.2) is 0 Å². The van der Waals surface area contributed by atoms with E-state index in [4.69, 9.17) is 14.2 Å². The van der Waals surface area contributed by atoms with Gasteiger partial charge in [0.2, 0.25) is 11.8 Å². The van der Waals surface area contributed by atoms with Gasteiger partial charge in [-0.05, 0) is 42.2 Å². The third-order valence-corrected chi connectivity index (χ3v) is 4.34. The summed E-state index contributed by atoms with van der Waals surface area (Å²) in [6.45, 7) is 3.99. The zero-order chi connectivity index (χ0) is 20.3. The highest BCUT2D eigenvalue weighted by atomic mass is 16.5. The number of methoxy groups -OCH3 is 2. The molecule has 0 bridgehead atoms. The van der Waals surface area contributed by atoms with Gasteiger partial charge in [-0.2, -0.15) is 9.97 Å². The second-order valence-corrected chi connectivity index (χ2v) is 6.12. The van der Waals surface area contributed by atoms with E-state index in [1.807, 2.05) is 32.0 Å². The first-order chi connectivity index (χ1) is 13.4. The second kappa shape index (κ2) is 7.96. The number of aryl methyl sites for hydroxylation is 2. The average Bonchev–Trinajstić information content (AvgIpc) is 2.69. The lowest BCUT2D eigenvalue weighted by atomic mass is 9.96. The van der Waals surface area contributed by atoms with Crippen LogP contribution in [0.2, 0.25) is 0 Å². The highest BCUT2D eigenvalue weighted by molar-refractivity contribution is 5.99. The Morgan fingerprint density at radius 3 is 2.18 bits per heavy atom. The Kier molecular flexibility index (Phi) is 5.44. The number of nitrogens with zero attached hydrogens (tertiary/aromatic N) is 2. The number of carboxylic acids is 1. The number of carboxylic acid groups (broad SMARTS) is 1. The summed E-state index contributed by atoms with van der Waals surface area (Å²) >= 11 is 0. The van der Waals surface area contributed by atoms with Crippen LogP contribution in [0.4, 0.5) is 0 Å². The van der Waals surface area contributed by atoms with Gasteiger partial charge in [0.05, 0.1) is 20.3 Å². The average molecular weight is 380 g/mol. The third kappa shape index (κ3) is 3.88. The SMILES string of the molecule is COc1cc(OC)nc(Oc2cccc(-c3ccc(C)c(C)c3)c2C(=O)O)n1. The maximum Gasteiger partial charge on any atom is 0.340 e. The van der Waals surface area contributed by atoms with Gasteiger partial charge in [-0.3, -0.25) is 0 Å². The molecule has 28 heavy (non-hydrogen) atoms. The monoisotopic (exact) mass is 380 g/mol. The van der Waals surface area contributed by atoms with Crippen LogP contribution in [0.5, 0.6) is 23.5 Å². The van der Waals surface area contributed by atoms with Crippen molar-refractivity contribution in [2.24, 2.45) is 0 Å². The van der Waals surface area contributed by atoms with Crippen molar-refractivity contribution in [3.63, 3.8) is 0 Å². The van der Waals surface area contributed by atoms with Crippen LogP contribution in [0.15, 0.2) is 42.5 Å². The number of aromatic carboxylic acids is 1. The number of carbonyl (C=O) groups is 1. The largest absolute Gasteiger partial charge is 0.481 e. The Hall–Kier alpha value is -3.61. The van der Waals surface area contributed by atoms with E-state index in [2.05, 4.69) is 9.97 Å². The van der Waals surface area contributed by atoms with E-state index < -0.39 is 5.97 Å².